The summed E-state index contributed by atoms with van der Waals surface area (Å²) in [6.45, 7) is 2.49. The number of hydrogen-bond donors (Lipinski definition) is 1. The number of hydrogen-bond acceptors (Lipinski definition) is 4. The smallest absolute Gasteiger partial charge is 0.250 e. The fraction of sp³-hybridized carbons (Fsp3) is 0.211. The van der Waals surface area contributed by atoms with E-state index in [0.717, 1.165) is 11.1 Å². The number of aryl methyl sites for hydroxylation is 2. The molecule has 0 saturated carbocycles. The summed E-state index contributed by atoms with van der Waals surface area (Å²) in [6.07, 6.45) is 0.534. The van der Waals surface area contributed by atoms with Gasteiger partial charge in [-0.15, -0.1) is 10.2 Å². The maximum absolute atomic E-state index is 13.7. The molecular weight excluding hydrogens is 321 g/mol. The van der Waals surface area contributed by atoms with Crippen molar-refractivity contribution in [2.75, 3.05) is 0 Å². The number of aromatic nitrogens is 2. The van der Waals surface area contributed by atoms with E-state index < -0.39 is 5.82 Å². The number of nitrogens with zero attached hydrogens (tertiary/aromatic N) is 2. The molecule has 0 aliphatic carbocycles. The van der Waals surface area contributed by atoms with Crippen LogP contribution in [-0.4, -0.2) is 16.1 Å². The lowest BCUT2D eigenvalue weighted by molar-refractivity contribution is -0.121. The van der Waals surface area contributed by atoms with Crippen LogP contribution in [0, 0.1) is 12.7 Å². The second-order valence-electron chi connectivity index (χ2n) is 5.68. The lowest BCUT2D eigenvalue weighted by Crippen LogP contribution is -2.23. The first kappa shape index (κ1) is 16.8. The van der Waals surface area contributed by atoms with Crippen molar-refractivity contribution in [2.24, 2.45) is 0 Å². The Bertz CT molecular complexity index is 876. The van der Waals surface area contributed by atoms with Crippen molar-refractivity contribution >= 4 is 5.91 Å². The van der Waals surface area contributed by atoms with Crippen LogP contribution in [0.1, 0.15) is 23.4 Å². The summed E-state index contributed by atoms with van der Waals surface area (Å²) in [4.78, 5) is 12.0. The fourth-order valence-electron chi connectivity index (χ4n) is 2.41. The van der Waals surface area contributed by atoms with Crippen molar-refractivity contribution in [1.82, 2.24) is 15.5 Å². The zero-order valence-corrected chi connectivity index (χ0v) is 13.8. The van der Waals surface area contributed by atoms with Crippen LogP contribution < -0.4 is 5.32 Å². The van der Waals surface area contributed by atoms with E-state index in [1.54, 1.807) is 18.2 Å². The third-order valence-electron chi connectivity index (χ3n) is 3.87. The average molecular weight is 339 g/mol. The quantitative estimate of drug-likeness (QED) is 0.747. The molecule has 2 aromatic carbocycles. The Morgan fingerprint density at radius 2 is 1.88 bits per heavy atom. The van der Waals surface area contributed by atoms with E-state index in [2.05, 4.69) is 15.5 Å². The summed E-state index contributed by atoms with van der Waals surface area (Å²) in [5.74, 6) is -0.0970. The molecule has 1 aromatic heterocycles. The largest absolute Gasteiger partial charge is 0.421 e. The topological polar surface area (TPSA) is 68.0 Å². The molecule has 1 amide bonds. The summed E-state index contributed by atoms with van der Waals surface area (Å²) >= 11 is 0. The predicted molar refractivity (Wildman–Crippen MR) is 91.0 cm³/mol. The number of benzene rings is 2. The highest BCUT2D eigenvalue weighted by atomic mass is 19.1. The monoisotopic (exact) mass is 339 g/mol. The van der Waals surface area contributed by atoms with E-state index in [4.69, 9.17) is 4.42 Å². The minimum absolute atomic E-state index is 0.103. The van der Waals surface area contributed by atoms with Gasteiger partial charge in [-0.1, -0.05) is 36.4 Å². The van der Waals surface area contributed by atoms with Gasteiger partial charge in [0.25, 0.3) is 5.89 Å². The number of amides is 1. The second-order valence-corrected chi connectivity index (χ2v) is 5.68. The Morgan fingerprint density at radius 3 is 2.68 bits per heavy atom. The van der Waals surface area contributed by atoms with Crippen LogP contribution in [0.15, 0.2) is 52.9 Å². The molecule has 0 aliphatic rings. The molecule has 6 heteroatoms. The van der Waals surface area contributed by atoms with Crippen LogP contribution >= 0.6 is 0 Å². The fourth-order valence-corrected chi connectivity index (χ4v) is 2.41. The molecule has 128 valence electrons. The van der Waals surface area contributed by atoms with Crippen molar-refractivity contribution in [3.05, 3.63) is 71.4 Å². The summed E-state index contributed by atoms with van der Waals surface area (Å²) in [5.41, 5.74) is 2.47. The Morgan fingerprint density at radius 1 is 1.12 bits per heavy atom. The van der Waals surface area contributed by atoms with Gasteiger partial charge in [-0.3, -0.25) is 4.79 Å². The first-order chi connectivity index (χ1) is 12.1. The van der Waals surface area contributed by atoms with Crippen LogP contribution in [0.4, 0.5) is 4.39 Å². The normalized spacial score (nSPS) is 10.6. The van der Waals surface area contributed by atoms with Gasteiger partial charge in [0.15, 0.2) is 0 Å². The Hall–Kier alpha value is -3.02. The van der Waals surface area contributed by atoms with Gasteiger partial charge >= 0.3 is 0 Å². The Labute approximate surface area is 144 Å². The molecular formula is C19H18FN3O2. The van der Waals surface area contributed by atoms with Gasteiger partial charge < -0.3 is 9.73 Å². The number of nitrogens with one attached hydrogen (secondary N) is 1. The van der Waals surface area contributed by atoms with E-state index in [0.29, 0.717) is 18.9 Å². The maximum atomic E-state index is 13.7. The predicted octanol–water partition coefficient (Wildman–Crippen LogP) is 3.43. The van der Waals surface area contributed by atoms with Crippen LogP contribution in [0.2, 0.25) is 0 Å². The van der Waals surface area contributed by atoms with E-state index in [9.17, 15) is 9.18 Å². The van der Waals surface area contributed by atoms with Crippen LogP contribution in [0.3, 0.4) is 0 Å². The molecule has 0 spiro atoms. The van der Waals surface area contributed by atoms with Gasteiger partial charge in [-0.25, -0.2) is 4.39 Å². The molecule has 5 nitrogen and oxygen atoms in total. The first-order valence-corrected chi connectivity index (χ1v) is 8.02. The standard InChI is InChI=1S/C19H18FN3O2/c1-13-6-2-3-7-14(13)12-21-17(24)10-11-18-22-23-19(25-18)15-8-4-5-9-16(15)20/h2-9H,10-12H2,1H3,(H,21,24). The number of rotatable bonds is 6. The summed E-state index contributed by atoms with van der Waals surface area (Å²) in [6, 6.07) is 14.1. The highest BCUT2D eigenvalue weighted by Gasteiger charge is 2.13. The highest BCUT2D eigenvalue weighted by Crippen LogP contribution is 2.21. The lowest BCUT2D eigenvalue weighted by atomic mass is 10.1. The third kappa shape index (κ3) is 4.29. The molecule has 3 aromatic rings. The van der Waals surface area contributed by atoms with Gasteiger partial charge in [-0.2, -0.15) is 0 Å². The molecule has 0 aliphatic heterocycles. The van der Waals surface area contributed by atoms with Crippen molar-refractivity contribution in [3.63, 3.8) is 0 Å². The molecule has 1 N–H and O–H groups in total. The molecule has 0 fully saturated rings. The molecule has 0 atom stereocenters. The second kappa shape index (κ2) is 7.70. The molecule has 0 unspecified atom stereocenters. The molecule has 25 heavy (non-hydrogen) atoms. The number of carbonyl (C=O) groups excluding carboxylic acids is 1. The third-order valence-corrected chi connectivity index (χ3v) is 3.87. The summed E-state index contributed by atoms with van der Waals surface area (Å²) in [7, 11) is 0. The summed E-state index contributed by atoms with van der Waals surface area (Å²) in [5, 5.41) is 10.6. The van der Waals surface area contributed by atoms with Crippen molar-refractivity contribution < 1.29 is 13.6 Å². The van der Waals surface area contributed by atoms with Crippen LogP contribution in [0.25, 0.3) is 11.5 Å². The van der Waals surface area contributed by atoms with Crippen LogP contribution in [-0.2, 0) is 17.8 Å². The average Bonchev–Trinajstić information content (AvgIpc) is 3.08. The molecule has 0 radical (unpaired) electrons. The van der Waals surface area contributed by atoms with Gasteiger partial charge in [0, 0.05) is 19.4 Å². The van der Waals surface area contributed by atoms with Crippen LogP contribution in [0.5, 0.6) is 0 Å². The van der Waals surface area contributed by atoms with Gasteiger partial charge in [0.2, 0.25) is 11.8 Å². The minimum atomic E-state index is -0.423. The van der Waals surface area contributed by atoms with Crippen molar-refractivity contribution in [3.8, 4) is 11.5 Å². The Balaban J connectivity index is 1.53. The van der Waals surface area contributed by atoms with E-state index >= 15 is 0 Å². The van der Waals surface area contributed by atoms with E-state index in [1.807, 2.05) is 31.2 Å². The lowest BCUT2D eigenvalue weighted by Gasteiger charge is -2.07. The first-order valence-electron chi connectivity index (χ1n) is 8.02. The minimum Gasteiger partial charge on any atom is -0.421 e. The van der Waals surface area contributed by atoms with Gasteiger partial charge in [0.05, 0.1) is 5.56 Å². The molecule has 0 bridgehead atoms. The number of halogens is 1. The Kier molecular flexibility index (Phi) is 5.18. The van der Waals surface area contributed by atoms with Crippen molar-refractivity contribution in [1.29, 1.82) is 0 Å². The highest BCUT2D eigenvalue weighted by molar-refractivity contribution is 5.76. The van der Waals surface area contributed by atoms with Gasteiger partial charge in [-0.05, 0) is 30.2 Å². The summed E-state index contributed by atoms with van der Waals surface area (Å²) < 4.78 is 19.1. The van der Waals surface area contributed by atoms with E-state index in [1.165, 1.54) is 6.07 Å². The van der Waals surface area contributed by atoms with E-state index in [-0.39, 0.29) is 23.8 Å². The zero-order chi connectivity index (χ0) is 17.6. The maximum Gasteiger partial charge on any atom is 0.250 e. The van der Waals surface area contributed by atoms with Crippen molar-refractivity contribution in [2.45, 2.75) is 26.3 Å². The zero-order valence-electron chi connectivity index (χ0n) is 13.8. The number of carbonyl (C=O) groups is 1. The SMILES string of the molecule is Cc1ccccc1CNC(=O)CCc1nnc(-c2ccccc2F)o1. The molecule has 3 rings (SSSR count). The molecule has 1 heterocycles. The van der Waals surface area contributed by atoms with Gasteiger partial charge in [0.1, 0.15) is 5.82 Å². The molecule has 0 saturated heterocycles.